The van der Waals surface area contributed by atoms with Crippen LogP contribution in [0.4, 0.5) is 0 Å². The second kappa shape index (κ2) is 2.31. The lowest BCUT2D eigenvalue weighted by molar-refractivity contribution is 0.554. The summed E-state index contributed by atoms with van der Waals surface area (Å²) in [5, 5.41) is 0. The summed E-state index contributed by atoms with van der Waals surface area (Å²) in [7, 11) is 0. The van der Waals surface area contributed by atoms with E-state index in [1.807, 2.05) is 0 Å². The van der Waals surface area contributed by atoms with E-state index in [0.29, 0.717) is 6.54 Å². The summed E-state index contributed by atoms with van der Waals surface area (Å²) in [6.07, 6.45) is 5.40. The van der Waals surface area contributed by atoms with Crippen molar-refractivity contribution in [1.29, 1.82) is 0 Å². The van der Waals surface area contributed by atoms with Crippen molar-refractivity contribution in [2.24, 2.45) is 5.92 Å². The Morgan fingerprint density at radius 3 is 2.14 bits per heavy atom. The summed E-state index contributed by atoms with van der Waals surface area (Å²) in [6, 6.07) is 0. The van der Waals surface area contributed by atoms with Gasteiger partial charge in [-0.25, -0.2) is 0 Å². The summed E-state index contributed by atoms with van der Waals surface area (Å²) in [5.41, 5.74) is 7.00. The maximum absolute atomic E-state index is 7.00. The standard InChI is InChI=1S/C6H12N/c7-5-6-3-1-2-4-6/h6-7H,1-5H2. The summed E-state index contributed by atoms with van der Waals surface area (Å²) in [6.45, 7) is 0.667. The van der Waals surface area contributed by atoms with Gasteiger partial charge in [0.05, 0.1) is 0 Å². The summed E-state index contributed by atoms with van der Waals surface area (Å²) in [4.78, 5) is 0. The second-order valence-electron chi connectivity index (χ2n) is 2.35. The van der Waals surface area contributed by atoms with Crippen LogP contribution in [0.2, 0.25) is 0 Å². The predicted molar refractivity (Wildman–Crippen MR) is 29.9 cm³/mol. The summed E-state index contributed by atoms with van der Waals surface area (Å²) < 4.78 is 0. The van der Waals surface area contributed by atoms with Crippen LogP contribution in [0, 0.1) is 5.92 Å². The molecule has 41 valence electrons. The van der Waals surface area contributed by atoms with Crippen LogP contribution in [-0.2, 0) is 0 Å². The molecule has 1 saturated carbocycles. The fourth-order valence-corrected chi connectivity index (χ4v) is 1.21. The van der Waals surface area contributed by atoms with Gasteiger partial charge in [-0.3, -0.25) is 5.73 Å². The van der Waals surface area contributed by atoms with Crippen LogP contribution in [0.1, 0.15) is 25.7 Å². The van der Waals surface area contributed by atoms with E-state index in [1.165, 1.54) is 25.7 Å². The van der Waals surface area contributed by atoms with Crippen molar-refractivity contribution < 1.29 is 0 Å². The molecule has 1 aliphatic rings. The van der Waals surface area contributed by atoms with Crippen LogP contribution in [0.3, 0.4) is 0 Å². The molecule has 7 heavy (non-hydrogen) atoms. The van der Waals surface area contributed by atoms with E-state index in [9.17, 15) is 0 Å². The number of rotatable bonds is 1. The highest BCUT2D eigenvalue weighted by Crippen LogP contribution is 2.23. The Kier molecular flexibility index (Phi) is 1.69. The Hall–Kier alpha value is -0.0400. The zero-order chi connectivity index (χ0) is 5.11. The van der Waals surface area contributed by atoms with Crippen LogP contribution in [0.5, 0.6) is 0 Å². The molecule has 1 N–H and O–H groups in total. The molecule has 0 heterocycles. The zero-order valence-electron chi connectivity index (χ0n) is 4.61. The SMILES string of the molecule is [NH]CC1CCCC1. The van der Waals surface area contributed by atoms with Gasteiger partial charge in [-0.05, 0) is 18.8 Å². The first-order chi connectivity index (χ1) is 3.43. The van der Waals surface area contributed by atoms with Crippen LogP contribution >= 0.6 is 0 Å². The van der Waals surface area contributed by atoms with Gasteiger partial charge in [0.1, 0.15) is 0 Å². The van der Waals surface area contributed by atoms with E-state index >= 15 is 0 Å². The number of hydrogen-bond acceptors (Lipinski definition) is 0. The van der Waals surface area contributed by atoms with Gasteiger partial charge in [-0.15, -0.1) is 0 Å². The maximum atomic E-state index is 7.00. The van der Waals surface area contributed by atoms with Gasteiger partial charge in [-0.1, -0.05) is 12.8 Å². The Morgan fingerprint density at radius 2 is 1.86 bits per heavy atom. The van der Waals surface area contributed by atoms with E-state index in [2.05, 4.69) is 0 Å². The molecular weight excluding hydrogens is 86.1 g/mol. The molecule has 0 saturated heterocycles. The summed E-state index contributed by atoms with van der Waals surface area (Å²) >= 11 is 0. The third kappa shape index (κ3) is 1.16. The van der Waals surface area contributed by atoms with Gasteiger partial charge in [0, 0.05) is 6.54 Å². The van der Waals surface area contributed by atoms with E-state index < -0.39 is 0 Å². The highest BCUT2D eigenvalue weighted by atomic mass is 14.5. The van der Waals surface area contributed by atoms with Gasteiger partial charge in [0.15, 0.2) is 0 Å². The molecule has 0 atom stereocenters. The third-order valence-corrected chi connectivity index (χ3v) is 1.76. The van der Waals surface area contributed by atoms with E-state index in [0.717, 1.165) is 5.92 Å². The molecule has 1 rings (SSSR count). The molecule has 0 aliphatic heterocycles. The topological polar surface area (TPSA) is 23.8 Å². The van der Waals surface area contributed by atoms with Gasteiger partial charge in [0.25, 0.3) is 0 Å². The average Bonchev–Trinajstić information content (AvgIpc) is 2.14. The first-order valence-corrected chi connectivity index (χ1v) is 3.08. The Bertz CT molecular complexity index is 46.1. The Labute approximate surface area is 44.9 Å². The average molecular weight is 98.2 g/mol. The lowest BCUT2D eigenvalue weighted by Gasteiger charge is -1.98. The second-order valence-corrected chi connectivity index (χ2v) is 2.35. The van der Waals surface area contributed by atoms with Crippen LogP contribution < -0.4 is 5.73 Å². The molecule has 0 aromatic carbocycles. The van der Waals surface area contributed by atoms with Gasteiger partial charge < -0.3 is 0 Å². The quantitative estimate of drug-likeness (QED) is 0.474. The van der Waals surface area contributed by atoms with Gasteiger partial charge >= 0.3 is 0 Å². The van der Waals surface area contributed by atoms with Gasteiger partial charge in [0.2, 0.25) is 0 Å². The Morgan fingerprint density at radius 1 is 1.29 bits per heavy atom. The normalized spacial score (nSPS) is 23.6. The number of hydrogen-bond donors (Lipinski definition) is 0. The van der Waals surface area contributed by atoms with Crippen molar-refractivity contribution in [3.63, 3.8) is 0 Å². The molecule has 0 spiro atoms. The first kappa shape index (κ1) is 5.10. The monoisotopic (exact) mass is 98.1 g/mol. The minimum Gasteiger partial charge on any atom is -0.258 e. The van der Waals surface area contributed by atoms with E-state index in [1.54, 1.807) is 0 Å². The van der Waals surface area contributed by atoms with Crippen LogP contribution in [0.25, 0.3) is 0 Å². The summed E-state index contributed by atoms with van der Waals surface area (Å²) in [5.74, 6) is 0.764. The molecule has 0 amide bonds. The predicted octanol–water partition coefficient (Wildman–Crippen LogP) is 1.46. The van der Waals surface area contributed by atoms with Crippen LogP contribution in [-0.4, -0.2) is 6.54 Å². The van der Waals surface area contributed by atoms with E-state index in [-0.39, 0.29) is 0 Å². The maximum Gasteiger partial charge on any atom is 0.0128 e. The molecule has 1 nitrogen and oxygen atoms in total. The first-order valence-electron chi connectivity index (χ1n) is 3.08. The highest BCUT2D eigenvalue weighted by molar-refractivity contribution is 4.66. The van der Waals surface area contributed by atoms with Gasteiger partial charge in [-0.2, -0.15) is 0 Å². The van der Waals surface area contributed by atoms with E-state index in [4.69, 9.17) is 5.73 Å². The third-order valence-electron chi connectivity index (χ3n) is 1.76. The Balaban J connectivity index is 2.14. The number of nitrogens with one attached hydrogen (secondary N) is 1. The molecule has 1 radical (unpaired) electrons. The molecular formula is C6H12N. The van der Waals surface area contributed by atoms with Crippen molar-refractivity contribution in [3.8, 4) is 0 Å². The minimum atomic E-state index is 0.667. The lowest BCUT2D eigenvalue weighted by atomic mass is 10.1. The van der Waals surface area contributed by atoms with Crippen molar-refractivity contribution in [2.75, 3.05) is 6.54 Å². The fraction of sp³-hybridized carbons (Fsp3) is 1.00. The molecule has 0 aromatic heterocycles. The van der Waals surface area contributed by atoms with Crippen molar-refractivity contribution >= 4 is 0 Å². The van der Waals surface area contributed by atoms with Crippen molar-refractivity contribution in [2.45, 2.75) is 25.7 Å². The fourth-order valence-electron chi connectivity index (χ4n) is 1.21. The molecule has 1 heteroatoms. The smallest absolute Gasteiger partial charge is 0.0128 e. The zero-order valence-corrected chi connectivity index (χ0v) is 4.61. The molecule has 0 unspecified atom stereocenters. The van der Waals surface area contributed by atoms with Crippen LogP contribution in [0.15, 0.2) is 0 Å². The highest BCUT2D eigenvalue weighted by Gasteiger charge is 2.11. The molecule has 1 aliphatic carbocycles. The van der Waals surface area contributed by atoms with Crippen molar-refractivity contribution in [1.82, 2.24) is 5.73 Å². The molecule has 0 aromatic rings. The molecule has 1 fully saturated rings. The minimum absolute atomic E-state index is 0.667. The molecule has 0 bridgehead atoms. The van der Waals surface area contributed by atoms with Crippen molar-refractivity contribution in [3.05, 3.63) is 0 Å². The lowest BCUT2D eigenvalue weighted by Crippen LogP contribution is -1.99. The largest absolute Gasteiger partial charge is 0.258 e.